The summed E-state index contributed by atoms with van der Waals surface area (Å²) in [6.07, 6.45) is -11.2. The van der Waals surface area contributed by atoms with Crippen LogP contribution >= 0.6 is 0 Å². The molecule has 0 aromatic heterocycles. The number of halogens is 6. The Morgan fingerprint density at radius 2 is 1.54 bits per heavy atom. The quantitative estimate of drug-likeness (QED) is 0.652. The third-order valence-corrected chi connectivity index (χ3v) is 2.95. The first-order valence-corrected chi connectivity index (χ1v) is 6.84. The second-order valence-electron chi connectivity index (χ2n) is 5.04. The maximum absolute atomic E-state index is 12.4. The first-order chi connectivity index (χ1) is 11.8. The van der Waals surface area contributed by atoms with Gasteiger partial charge in [0.15, 0.2) is 0 Å². The number of amides is 2. The van der Waals surface area contributed by atoms with Crippen molar-refractivity contribution in [3.05, 3.63) is 35.4 Å². The third-order valence-electron chi connectivity index (χ3n) is 2.95. The normalized spacial score (nSPS) is 13.0. The summed E-state index contributed by atoms with van der Waals surface area (Å²) in [5.41, 5.74) is -1.22. The SMILES string of the molecule is O=C(CNC(=O)c1ccc(C(F)(F)F)cc1)NC(CC(F)(F)F)C(=O)O. The molecule has 2 amide bonds. The predicted octanol–water partition coefficient (Wildman–Crippen LogP) is 1.96. The Kier molecular flexibility index (Phi) is 6.59. The third kappa shape index (κ3) is 6.99. The van der Waals surface area contributed by atoms with Crippen molar-refractivity contribution in [2.24, 2.45) is 0 Å². The minimum Gasteiger partial charge on any atom is -0.480 e. The monoisotopic (exact) mass is 386 g/mol. The van der Waals surface area contributed by atoms with Crippen LogP contribution in [0.2, 0.25) is 0 Å². The van der Waals surface area contributed by atoms with Crippen LogP contribution in [0.25, 0.3) is 0 Å². The fraction of sp³-hybridized carbons (Fsp3) is 0.357. The topological polar surface area (TPSA) is 95.5 Å². The standard InChI is InChI=1S/C14H12F6N2O4/c15-13(16,17)5-9(12(25)26)22-10(23)6-21-11(24)7-1-3-8(4-2-7)14(18,19)20/h1-4,9H,5-6H2,(H,21,24)(H,22,23)(H,25,26). The molecule has 0 spiro atoms. The van der Waals surface area contributed by atoms with Gasteiger partial charge in [-0.1, -0.05) is 0 Å². The van der Waals surface area contributed by atoms with Crippen LogP contribution in [0.5, 0.6) is 0 Å². The molecule has 0 heterocycles. The van der Waals surface area contributed by atoms with Crippen LogP contribution in [0.3, 0.4) is 0 Å². The Morgan fingerprint density at radius 3 is 1.96 bits per heavy atom. The molecular formula is C14H12F6N2O4. The van der Waals surface area contributed by atoms with Crippen molar-refractivity contribution in [1.82, 2.24) is 10.6 Å². The van der Waals surface area contributed by atoms with Gasteiger partial charge in [0, 0.05) is 5.56 Å². The Bertz CT molecular complexity index is 669. The van der Waals surface area contributed by atoms with Gasteiger partial charge in [-0.3, -0.25) is 9.59 Å². The van der Waals surface area contributed by atoms with E-state index in [1.807, 2.05) is 5.32 Å². The van der Waals surface area contributed by atoms with Crippen LogP contribution in [-0.2, 0) is 15.8 Å². The lowest BCUT2D eigenvalue weighted by Gasteiger charge is -2.16. The number of hydrogen-bond donors (Lipinski definition) is 3. The summed E-state index contributed by atoms with van der Waals surface area (Å²) < 4.78 is 73.8. The Balaban J connectivity index is 2.60. The highest BCUT2D eigenvalue weighted by molar-refractivity contribution is 5.96. The highest BCUT2D eigenvalue weighted by Crippen LogP contribution is 2.29. The molecule has 1 atom stereocenters. The van der Waals surface area contributed by atoms with Crippen molar-refractivity contribution in [2.75, 3.05) is 6.54 Å². The van der Waals surface area contributed by atoms with E-state index in [2.05, 4.69) is 0 Å². The van der Waals surface area contributed by atoms with Gasteiger partial charge in [-0.2, -0.15) is 26.3 Å². The van der Waals surface area contributed by atoms with Crippen LogP contribution in [0.1, 0.15) is 22.3 Å². The molecule has 6 nitrogen and oxygen atoms in total. The van der Waals surface area contributed by atoms with Crippen molar-refractivity contribution in [3.63, 3.8) is 0 Å². The summed E-state index contributed by atoms with van der Waals surface area (Å²) in [5, 5.41) is 12.2. The minimum absolute atomic E-state index is 0.226. The van der Waals surface area contributed by atoms with E-state index in [4.69, 9.17) is 5.11 Å². The molecule has 0 radical (unpaired) electrons. The summed E-state index contributed by atoms with van der Waals surface area (Å²) in [4.78, 5) is 33.8. The Labute approximate surface area is 142 Å². The second kappa shape index (κ2) is 8.06. The van der Waals surface area contributed by atoms with Gasteiger partial charge in [-0.25, -0.2) is 4.79 Å². The van der Waals surface area contributed by atoms with Crippen LogP contribution < -0.4 is 10.6 Å². The van der Waals surface area contributed by atoms with E-state index in [1.165, 1.54) is 0 Å². The number of rotatable bonds is 6. The molecule has 144 valence electrons. The molecule has 12 heteroatoms. The van der Waals surface area contributed by atoms with Crippen molar-refractivity contribution >= 4 is 17.8 Å². The molecule has 0 saturated carbocycles. The Morgan fingerprint density at radius 1 is 1.00 bits per heavy atom. The van der Waals surface area contributed by atoms with E-state index >= 15 is 0 Å². The van der Waals surface area contributed by atoms with Gasteiger partial charge in [0.25, 0.3) is 5.91 Å². The van der Waals surface area contributed by atoms with E-state index in [1.54, 1.807) is 5.32 Å². The minimum atomic E-state index is -4.83. The zero-order chi connectivity index (χ0) is 20.1. The van der Waals surface area contributed by atoms with E-state index in [9.17, 15) is 40.7 Å². The lowest BCUT2D eigenvalue weighted by Crippen LogP contribution is -2.47. The maximum Gasteiger partial charge on any atom is 0.416 e. The number of carboxylic acid groups (broad SMARTS) is 1. The van der Waals surface area contributed by atoms with Crippen LogP contribution in [0, 0.1) is 0 Å². The van der Waals surface area contributed by atoms with Gasteiger partial charge in [0.2, 0.25) is 5.91 Å². The Hall–Kier alpha value is -2.79. The summed E-state index contributed by atoms with van der Waals surface area (Å²) in [7, 11) is 0. The largest absolute Gasteiger partial charge is 0.480 e. The number of carbonyl (C=O) groups is 3. The summed E-state index contributed by atoms with van der Waals surface area (Å²) >= 11 is 0. The fourth-order valence-corrected chi connectivity index (χ4v) is 1.75. The van der Waals surface area contributed by atoms with Crippen LogP contribution in [-0.4, -0.2) is 41.7 Å². The molecule has 0 aliphatic rings. The molecule has 0 aliphatic heterocycles. The lowest BCUT2D eigenvalue weighted by atomic mass is 10.1. The first-order valence-electron chi connectivity index (χ1n) is 6.84. The number of benzene rings is 1. The number of carboxylic acids is 1. The second-order valence-corrected chi connectivity index (χ2v) is 5.04. The molecule has 0 bridgehead atoms. The van der Waals surface area contributed by atoms with Gasteiger partial charge >= 0.3 is 18.3 Å². The van der Waals surface area contributed by atoms with Gasteiger partial charge in [0.1, 0.15) is 6.04 Å². The number of aliphatic carboxylic acids is 1. The maximum atomic E-state index is 12.4. The predicted molar refractivity (Wildman–Crippen MR) is 74.0 cm³/mol. The molecule has 0 fully saturated rings. The smallest absolute Gasteiger partial charge is 0.416 e. The van der Waals surface area contributed by atoms with Crippen LogP contribution in [0.4, 0.5) is 26.3 Å². The number of nitrogens with one attached hydrogen (secondary N) is 2. The van der Waals surface area contributed by atoms with Gasteiger partial charge in [-0.05, 0) is 24.3 Å². The molecule has 26 heavy (non-hydrogen) atoms. The molecule has 1 aromatic carbocycles. The summed E-state index contributed by atoms with van der Waals surface area (Å²) in [6.45, 7) is -0.860. The van der Waals surface area contributed by atoms with Crippen molar-refractivity contribution < 1.29 is 45.8 Å². The van der Waals surface area contributed by atoms with Gasteiger partial charge < -0.3 is 15.7 Å². The molecule has 3 N–H and O–H groups in total. The zero-order valence-corrected chi connectivity index (χ0v) is 12.7. The van der Waals surface area contributed by atoms with Gasteiger partial charge in [-0.15, -0.1) is 0 Å². The average molecular weight is 386 g/mol. The van der Waals surface area contributed by atoms with E-state index in [-0.39, 0.29) is 5.56 Å². The summed E-state index contributed by atoms with van der Waals surface area (Å²) in [6, 6.07) is 0.738. The van der Waals surface area contributed by atoms with Crippen molar-refractivity contribution in [1.29, 1.82) is 0 Å². The molecule has 1 rings (SSSR count). The van der Waals surface area contributed by atoms with Crippen LogP contribution in [0.15, 0.2) is 24.3 Å². The molecule has 1 aromatic rings. The number of alkyl halides is 6. The highest BCUT2D eigenvalue weighted by atomic mass is 19.4. The molecule has 0 saturated heterocycles. The average Bonchev–Trinajstić information content (AvgIpc) is 2.50. The summed E-state index contributed by atoms with van der Waals surface area (Å²) in [5.74, 6) is -4.08. The van der Waals surface area contributed by atoms with E-state index in [0.29, 0.717) is 12.1 Å². The lowest BCUT2D eigenvalue weighted by molar-refractivity contribution is -0.159. The first kappa shape index (κ1) is 21.3. The molecule has 0 aliphatic carbocycles. The van der Waals surface area contributed by atoms with Crippen molar-refractivity contribution in [3.8, 4) is 0 Å². The highest BCUT2D eigenvalue weighted by Gasteiger charge is 2.36. The fourth-order valence-electron chi connectivity index (χ4n) is 1.75. The van der Waals surface area contributed by atoms with E-state index in [0.717, 1.165) is 12.1 Å². The van der Waals surface area contributed by atoms with E-state index < -0.39 is 54.7 Å². The zero-order valence-electron chi connectivity index (χ0n) is 12.7. The van der Waals surface area contributed by atoms with Crippen molar-refractivity contribution in [2.45, 2.75) is 24.8 Å². The van der Waals surface area contributed by atoms with Gasteiger partial charge in [0.05, 0.1) is 18.5 Å². The number of carbonyl (C=O) groups excluding carboxylic acids is 2. The molecular weight excluding hydrogens is 374 g/mol. The number of hydrogen-bond acceptors (Lipinski definition) is 3. The molecule has 1 unspecified atom stereocenters.